The van der Waals surface area contributed by atoms with Crippen LogP contribution in [-0.2, 0) is 4.79 Å². The average Bonchev–Trinajstić information content (AvgIpc) is 2.89. The van der Waals surface area contributed by atoms with E-state index in [0.717, 1.165) is 5.39 Å². The molecule has 0 spiro atoms. The standard InChI is InChI=1S/C17H20N2O4/c1-11-16(14-10-13(22-3)4-5-15(14)23-11)17(21)19-8-6-18(7-9-19)12(2)20/h4-5,10H,6-9H2,1-3H3. The molecule has 2 heterocycles. The molecule has 1 aromatic heterocycles. The predicted molar refractivity (Wildman–Crippen MR) is 85.7 cm³/mol. The van der Waals surface area contributed by atoms with Gasteiger partial charge in [-0.1, -0.05) is 0 Å². The zero-order chi connectivity index (χ0) is 16.6. The second kappa shape index (κ2) is 5.95. The fourth-order valence-corrected chi connectivity index (χ4v) is 2.97. The number of hydrogen-bond donors (Lipinski definition) is 0. The fraction of sp³-hybridized carbons (Fsp3) is 0.412. The Bertz CT molecular complexity index is 757. The van der Waals surface area contributed by atoms with Crippen molar-refractivity contribution in [2.45, 2.75) is 13.8 Å². The third-order valence-corrected chi connectivity index (χ3v) is 4.30. The summed E-state index contributed by atoms with van der Waals surface area (Å²) in [6.45, 7) is 5.56. The fourth-order valence-electron chi connectivity index (χ4n) is 2.97. The van der Waals surface area contributed by atoms with Gasteiger partial charge in [-0.25, -0.2) is 0 Å². The smallest absolute Gasteiger partial charge is 0.258 e. The van der Waals surface area contributed by atoms with Crippen LogP contribution < -0.4 is 4.74 Å². The molecule has 0 saturated carbocycles. The molecule has 0 atom stereocenters. The molecule has 6 heteroatoms. The van der Waals surface area contributed by atoms with Gasteiger partial charge in [-0.15, -0.1) is 0 Å². The van der Waals surface area contributed by atoms with Crippen molar-refractivity contribution in [2.24, 2.45) is 0 Å². The zero-order valence-corrected chi connectivity index (χ0v) is 13.6. The Morgan fingerprint density at radius 2 is 1.78 bits per heavy atom. The first-order chi connectivity index (χ1) is 11.0. The average molecular weight is 316 g/mol. The van der Waals surface area contributed by atoms with Gasteiger partial charge in [0.1, 0.15) is 17.1 Å². The van der Waals surface area contributed by atoms with Crippen LogP contribution in [-0.4, -0.2) is 54.9 Å². The molecule has 23 heavy (non-hydrogen) atoms. The Hall–Kier alpha value is -2.50. The van der Waals surface area contributed by atoms with Gasteiger partial charge < -0.3 is 19.0 Å². The highest BCUT2D eigenvalue weighted by Crippen LogP contribution is 2.30. The van der Waals surface area contributed by atoms with Crippen molar-refractivity contribution in [3.63, 3.8) is 0 Å². The Labute approximate surface area is 134 Å². The van der Waals surface area contributed by atoms with Crippen LogP contribution in [0.25, 0.3) is 11.0 Å². The summed E-state index contributed by atoms with van der Waals surface area (Å²) >= 11 is 0. The summed E-state index contributed by atoms with van der Waals surface area (Å²) < 4.78 is 10.9. The number of aryl methyl sites for hydroxylation is 1. The van der Waals surface area contributed by atoms with Gasteiger partial charge in [-0.3, -0.25) is 9.59 Å². The Kier molecular flexibility index (Phi) is 3.98. The first-order valence-electron chi connectivity index (χ1n) is 7.63. The molecule has 1 aliphatic heterocycles. The summed E-state index contributed by atoms with van der Waals surface area (Å²) in [5.74, 6) is 1.28. The normalized spacial score (nSPS) is 15.1. The van der Waals surface area contributed by atoms with Gasteiger partial charge in [-0.2, -0.15) is 0 Å². The monoisotopic (exact) mass is 316 g/mol. The van der Waals surface area contributed by atoms with E-state index < -0.39 is 0 Å². The van der Waals surface area contributed by atoms with Crippen molar-refractivity contribution < 1.29 is 18.7 Å². The van der Waals surface area contributed by atoms with Crippen LogP contribution in [0.3, 0.4) is 0 Å². The maximum atomic E-state index is 12.9. The maximum Gasteiger partial charge on any atom is 0.258 e. The summed E-state index contributed by atoms with van der Waals surface area (Å²) in [5.41, 5.74) is 1.25. The highest BCUT2D eigenvalue weighted by atomic mass is 16.5. The first kappa shape index (κ1) is 15.4. The first-order valence-corrected chi connectivity index (χ1v) is 7.63. The van der Waals surface area contributed by atoms with Crippen LogP contribution in [0.2, 0.25) is 0 Å². The van der Waals surface area contributed by atoms with E-state index in [2.05, 4.69) is 0 Å². The number of methoxy groups -OCH3 is 1. The zero-order valence-electron chi connectivity index (χ0n) is 13.6. The van der Waals surface area contributed by atoms with Crippen molar-refractivity contribution >= 4 is 22.8 Å². The molecule has 0 radical (unpaired) electrons. The SMILES string of the molecule is COc1ccc2oc(C)c(C(=O)N3CCN(C(C)=O)CC3)c2c1. The number of fused-ring (bicyclic) bond motifs is 1. The maximum absolute atomic E-state index is 12.9. The largest absolute Gasteiger partial charge is 0.497 e. The van der Waals surface area contributed by atoms with Gasteiger partial charge in [0.05, 0.1) is 12.7 Å². The summed E-state index contributed by atoms with van der Waals surface area (Å²) in [7, 11) is 1.59. The minimum atomic E-state index is -0.0577. The number of nitrogens with zero attached hydrogens (tertiary/aromatic N) is 2. The number of carbonyl (C=O) groups excluding carboxylic acids is 2. The van der Waals surface area contributed by atoms with Gasteiger partial charge in [0, 0.05) is 38.5 Å². The Morgan fingerprint density at radius 3 is 2.39 bits per heavy atom. The highest BCUT2D eigenvalue weighted by molar-refractivity contribution is 6.07. The number of hydrogen-bond acceptors (Lipinski definition) is 4. The summed E-state index contributed by atoms with van der Waals surface area (Å²) in [6.07, 6.45) is 0. The summed E-state index contributed by atoms with van der Waals surface area (Å²) in [4.78, 5) is 27.8. The van der Waals surface area contributed by atoms with Gasteiger partial charge in [-0.05, 0) is 25.1 Å². The lowest BCUT2D eigenvalue weighted by atomic mass is 10.1. The second-order valence-electron chi connectivity index (χ2n) is 5.69. The van der Waals surface area contributed by atoms with E-state index in [4.69, 9.17) is 9.15 Å². The number of amides is 2. The second-order valence-corrected chi connectivity index (χ2v) is 5.69. The summed E-state index contributed by atoms with van der Waals surface area (Å²) in [5, 5.41) is 0.765. The van der Waals surface area contributed by atoms with Gasteiger partial charge in [0.15, 0.2) is 0 Å². The van der Waals surface area contributed by atoms with E-state index in [1.807, 2.05) is 18.2 Å². The molecule has 0 aliphatic carbocycles. The molecule has 1 fully saturated rings. The van der Waals surface area contributed by atoms with Crippen LogP contribution in [0.5, 0.6) is 5.75 Å². The molecule has 3 rings (SSSR count). The molecular formula is C17H20N2O4. The Morgan fingerprint density at radius 1 is 1.13 bits per heavy atom. The van der Waals surface area contributed by atoms with Crippen molar-refractivity contribution in [1.82, 2.24) is 9.80 Å². The molecule has 1 saturated heterocycles. The van der Waals surface area contributed by atoms with Crippen molar-refractivity contribution in [1.29, 1.82) is 0 Å². The van der Waals surface area contributed by atoms with Crippen LogP contribution in [0.1, 0.15) is 23.0 Å². The van der Waals surface area contributed by atoms with Crippen LogP contribution >= 0.6 is 0 Å². The van der Waals surface area contributed by atoms with Crippen molar-refractivity contribution in [3.8, 4) is 5.75 Å². The number of piperazine rings is 1. The van der Waals surface area contributed by atoms with E-state index in [-0.39, 0.29) is 11.8 Å². The van der Waals surface area contributed by atoms with Crippen LogP contribution in [0, 0.1) is 6.92 Å². The minimum absolute atomic E-state index is 0.0479. The highest BCUT2D eigenvalue weighted by Gasteiger charge is 2.27. The molecule has 0 bridgehead atoms. The molecule has 1 aliphatic rings. The van der Waals surface area contributed by atoms with E-state index in [0.29, 0.717) is 48.8 Å². The van der Waals surface area contributed by atoms with Gasteiger partial charge in [0.25, 0.3) is 5.91 Å². The molecule has 2 amide bonds. The topological polar surface area (TPSA) is 63.0 Å². The van der Waals surface area contributed by atoms with Crippen LogP contribution in [0.15, 0.2) is 22.6 Å². The van der Waals surface area contributed by atoms with Crippen molar-refractivity contribution in [3.05, 3.63) is 29.5 Å². The molecule has 2 aromatic rings. The van der Waals surface area contributed by atoms with Gasteiger partial charge in [0.2, 0.25) is 5.91 Å². The lowest BCUT2D eigenvalue weighted by molar-refractivity contribution is -0.130. The molecule has 1 aromatic carbocycles. The number of ether oxygens (including phenoxy) is 1. The number of benzene rings is 1. The lowest BCUT2D eigenvalue weighted by Crippen LogP contribution is -2.50. The third kappa shape index (κ3) is 2.76. The summed E-state index contributed by atoms with van der Waals surface area (Å²) in [6, 6.07) is 5.45. The van der Waals surface area contributed by atoms with Gasteiger partial charge >= 0.3 is 0 Å². The number of furan rings is 1. The molecule has 0 unspecified atom stereocenters. The third-order valence-electron chi connectivity index (χ3n) is 4.30. The quantitative estimate of drug-likeness (QED) is 0.851. The number of rotatable bonds is 2. The number of carbonyl (C=O) groups is 2. The minimum Gasteiger partial charge on any atom is -0.497 e. The van der Waals surface area contributed by atoms with E-state index in [9.17, 15) is 9.59 Å². The Balaban J connectivity index is 1.89. The molecular weight excluding hydrogens is 296 g/mol. The van der Waals surface area contributed by atoms with E-state index in [1.54, 1.807) is 30.8 Å². The molecule has 122 valence electrons. The predicted octanol–water partition coefficient (Wildman–Crippen LogP) is 2.05. The molecule has 0 N–H and O–H groups in total. The molecule has 6 nitrogen and oxygen atoms in total. The van der Waals surface area contributed by atoms with E-state index >= 15 is 0 Å². The van der Waals surface area contributed by atoms with Crippen molar-refractivity contribution in [2.75, 3.05) is 33.3 Å². The van der Waals surface area contributed by atoms with Crippen LogP contribution in [0.4, 0.5) is 0 Å². The van der Waals surface area contributed by atoms with E-state index in [1.165, 1.54) is 0 Å². The lowest BCUT2D eigenvalue weighted by Gasteiger charge is -2.34.